The highest BCUT2D eigenvalue weighted by atomic mass is 32.2. The maximum atomic E-state index is 12.8. The van der Waals surface area contributed by atoms with E-state index in [0.717, 1.165) is 32.1 Å². The lowest BCUT2D eigenvalue weighted by molar-refractivity contribution is -0.122. The highest BCUT2D eigenvalue weighted by Gasteiger charge is 2.35. The summed E-state index contributed by atoms with van der Waals surface area (Å²) in [6.07, 6.45) is 7.34. The molecule has 1 aromatic rings. The summed E-state index contributed by atoms with van der Waals surface area (Å²) in [6.45, 7) is 0.515. The Kier molecular flexibility index (Phi) is 5.38. The van der Waals surface area contributed by atoms with Crippen LogP contribution < -0.4 is 5.32 Å². The smallest absolute Gasteiger partial charge is 0.252 e. The molecule has 3 rings (SSSR count). The largest absolute Gasteiger partial charge is 0.353 e. The molecule has 2 heterocycles. The van der Waals surface area contributed by atoms with Gasteiger partial charge in [-0.1, -0.05) is 25.3 Å². The van der Waals surface area contributed by atoms with Gasteiger partial charge in [-0.3, -0.25) is 4.79 Å². The topological polar surface area (TPSA) is 66.5 Å². The Morgan fingerprint density at radius 2 is 1.96 bits per heavy atom. The third-order valence-corrected chi connectivity index (χ3v) is 8.10. The van der Waals surface area contributed by atoms with Crippen LogP contribution in [0.1, 0.15) is 51.4 Å². The monoisotopic (exact) mass is 356 g/mol. The van der Waals surface area contributed by atoms with Crippen LogP contribution in [0.25, 0.3) is 0 Å². The predicted octanol–water partition coefficient (Wildman–Crippen LogP) is 2.74. The quantitative estimate of drug-likeness (QED) is 0.882. The highest BCUT2D eigenvalue weighted by Crippen LogP contribution is 2.29. The molecule has 1 aliphatic heterocycles. The number of carbonyl (C=O) groups is 1. The normalized spacial score (nSPS) is 23.9. The van der Waals surface area contributed by atoms with Crippen molar-refractivity contribution in [2.45, 2.75) is 67.7 Å². The summed E-state index contributed by atoms with van der Waals surface area (Å²) in [5, 5.41) is 4.85. The van der Waals surface area contributed by atoms with Gasteiger partial charge in [0.2, 0.25) is 5.91 Å². The van der Waals surface area contributed by atoms with Crippen molar-refractivity contribution >= 4 is 27.3 Å². The summed E-state index contributed by atoms with van der Waals surface area (Å²) < 4.78 is 27.5. The molecular weight excluding hydrogens is 332 g/mol. The van der Waals surface area contributed by atoms with Crippen LogP contribution in [-0.2, 0) is 14.8 Å². The van der Waals surface area contributed by atoms with Crippen LogP contribution in [-0.4, -0.2) is 37.3 Å². The van der Waals surface area contributed by atoms with Crippen LogP contribution >= 0.6 is 11.3 Å². The number of nitrogens with zero attached hydrogens (tertiary/aromatic N) is 1. The fourth-order valence-electron chi connectivity index (χ4n) is 3.59. The van der Waals surface area contributed by atoms with Gasteiger partial charge >= 0.3 is 0 Å². The van der Waals surface area contributed by atoms with Crippen molar-refractivity contribution in [3.8, 4) is 0 Å². The summed E-state index contributed by atoms with van der Waals surface area (Å²) in [5.74, 6) is -0.00446. The molecule has 1 unspecified atom stereocenters. The fourth-order valence-corrected chi connectivity index (χ4v) is 6.40. The number of nitrogens with one attached hydrogen (secondary N) is 1. The molecule has 1 N–H and O–H groups in total. The molecule has 2 aliphatic rings. The Labute approximate surface area is 142 Å². The molecular formula is C16H24N2O3S2. The van der Waals surface area contributed by atoms with Crippen molar-refractivity contribution in [3.63, 3.8) is 0 Å². The Morgan fingerprint density at radius 1 is 1.22 bits per heavy atom. The maximum Gasteiger partial charge on any atom is 0.252 e. The van der Waals surface area contributed by atoms with Crippen LogP contribution in [0.4, 0.5) is 0 Å². The molecule has 7 heteroatoms. The second kappa shape index (κ2) is 7.32. The Morgan fingerprint density at radius 3 is 2.65 bits per heavy atom. The molecule has 0 spiro atoms. The van der Waals surface area contributed by atoms with E-state index in [0.29, 0.717) is 10.8 Å². The average Bonchev–Trinajstić information content (AvgIpc) is 3.21. The molecule has 23 heavy (non-hydrogen) atoms. The number of hydrogen-bond donors (Lipinski definition) is 1. The lowest BCUT2D eigenvalue weighted by Gasteiger charge is -2.34. The Balaban J connectivity index is 1.67. The maximum absolute atomic E-state index is 12.8. The minimum atomic E-state index is -3.47. The van der Waals surface area contributed by atoms with Crippen LogP contribution in [0.3, 0.4) is 0 Å². The first-order valence-electron chi connectivity index (χ1n) is 8.42. The minimum absolute atomic E-state index is 0.00446. The van der Waals surface area contributed by atoms with E-state index >= 15 is 0 Å². The minimum Gasteiger partial charge on any atom is -0.353 e. The van der Waals surface area contributed by atoms with Crippen LogP contribution in [0.5, 0.6) is 0 Å². The molecule has 1 saturated carbocycles. The van der Waals surface area contributed by atoms with E-state index in [-0.39, 0.29) is 24.4 Å². The van der Waals surface area contributed by atoms with Crippen molar-refractivity contribution in [3.05, 3.63) is 17.5 Å². The molecule has 1 aromatic heterocycles. The van der Waals surface area contributed by atoms with Gasteiger partial charge in [-0.15, -0.1) is 11.3 Å². The van der Waals surface area contributed by atoms with Gasteiger partial charge in [0, 0.05) is 25.0 Å². The molecule has 2 fully saturated rings. The summed E-state index contributed by atoms with van der Waals surface area (Å²) >= 11 is 1.24. The lowest BCUT2D eigenvalue weighted by atomic mass is 10.0. The second-order valence-electron chi connectivity index (χ2n) is 6.45. The standard InChI is InChI=1S/C16H24N2O3S2/c19-15(17-13-6-1-2-7-13)12-14-8-3-4-10-18(14)23(20,21)16-9-5-11-22-16/h5,9,11,13-14H,1-4,6-8,10,12H2,(H,17,19). The van der Waals surface area contributed by atoms with Gasteiger partial charge in [0.1, 0.15) is 4.21 Å². The first-order chi connectivity index (χ1) is 11.1. The Bertz CT molecular complexity index is 622. The van der Waals surface area contributed by atoms with Crippen LogP contribution in [0.15, 0.2) is 21.7 Å². The molecule has 1 saturated heterocycles. The number of sulfonamides is 1. The number of rotatable bonds is 5. The summed E-state index contributed by atoms with van der Waals surface area (Å²) in [7, 11) is -3.47. The van der Waals surface area contributed by atoms with E-state index in [1.165, 1.54) is 24.2 Å². The third kappa shape index (κ3) is 3.95. The van der Waals surface area contributed by atoms with Crippen molar-refractivity contribution < 1.29 is 13.2 Å². The van der Waals surface area contributed by atoms with Gasteiger partial charge in [0.25, 0.3) is 10.0 Å². The van der Waals surface area contributed by atoms with E-state index in [4.69, 9.17) is 0 Å². The molecule has 1 aliphatic carbocycles. The molecule has 5 nitrogen and oxygen atoms in total. The van der Waals surface area contributed by atoms with E-state index in [2.05, 4.69) is 5.32 Å². The number of hydrogen-bond acceptors (Lipinski definition) is 4. The highest BCUT2D eigenvalue weighted by molar-refractivity contribution is 7.91. The first kappa shape index (κ1) is 16.9. The molecule has 1 amide bonds. The summed E-state index contributed by atoms with van der Waals surface area (Å²) in [5.41, 5.74) is 0. The fraction of sp³-hybridized carbons (Fsp3) is 0.688. The summed E-state index contributed by atoms with van der Waals surface area (Å²) in [6, 6.07) is 3.47. The lowest BCUT2D eigenvalue weighted by Crippen LogP contribution is -2.46. The molecule has 128 valence electrons. The molecule has 0 aromatic carbocycles. The predicted molar refractivity (Wildman–Crippen MR) is 90.9 cm³/mol. The summed E-state index contributed by atoms with van der Waals surface area (Å²) in [4.78, 5) is 12.3. The number of carbonyl (C=O) groups excluding carboxylic acids is 1. The number of piperidine rings is 1. The SMILES string of the molecule is O=C(CC1CCCCN1S(=O)(=O)c1cccs1)NC1CCCC1. The van der Waals surface area contributed by atoms with Gasteiger partial charge in [-0.2, -0.15) is 4.31 Å². The first-order valence-corrected chi connectivity index (χ1v) is 10.7. The van der Waals surface area contributed by atoms with Gasteiger partial charge < -0.3 is 5.32 Å². The van der Waals surface area contributed by atoms with Gasteiger partial charge in [-0.05, 0) is 37.1 Å². The number of thiophene rings is 1. The van der Waals surface area contributed by atoms with Crippen molar-refractivity contribution in [2.75, 3.05) is 6.54 Å². The van der Waals surface area contributed by atoms with Gasteiger partial charge in [-0.25, -0.2) is 8.42 Å². The number of amides is 1. The zero-order valence-electron chi connectivity index (χ0n) is 13.2. The molecule has 1 atom stereocenters. The van der Waals surface area contributed by atoms with E-state index in [1.807, 2.05) is 0 Å². The third-order valence-electron chi connectivity index (χ3n) is 4.77. The van der Waals surface area contributed by atoms with Crippen LogP contribution in [0.2, 0.25) is 0 Å². The van der Waals surface area contributed by atoms with E-state index in [1.54, 1.807) is 21.8 Å². The van der Waals surface area contributed by atoms with Gasteiger partial charge in [0.05, 0.1) is 0 Å². The van der Waals surface area contributed by atoms with Crippen molar-refractivity contribution in [1.82, 2.24) is 9.62 Å². The average molecular weight is 357 g/mol. The molecule has 0 radical (unpaired) electrons. The zero-order valence-corrected chi connectivity index (χ0v) is 14.9. The van der Waals surface area contributed by atoms with Crippen molar-refractivity contribution in [2.24, 2.45) is 0 Å². The van der Waals surface area contributed by atoms with Crippen LogP contribution in [0, 0.1) is 0 Å². The van der Waals surface area contributed by atoms with Crippen molar-refractivity contribution in [1.29, 1.82) is 0 Å². The second-order valence-corrected chi connectivity index (χ2v) is 9.52. The van der Waals surface area contributed by atoms with E-state index < -0.39 is 10.0 Å². The Hall–Kier alpha value is -0.920. The van der Waals surface area contributed by atoms with Gasteiger partial charge in [0.15, 0.2) is 0 Å². The molecule has 0 bridgehead atoms. The van der Waals surface area contributed by atoms with E-state index in [9.17, 15) is 13.2 Å². The zero-order chi connectivity index (χ0) is 16.3.